The zero-order valence-electron chi connectivity index (χ0n) is 8.40. The molecule has 0 saturated heterocycles. The Morgan fingerprint density at radius 3 is 2.79 bits per heavy atom. The number of aliphatic hydroxyl groups excluding tert-OH is 1. The largest absolute Gasteiger partial charge is 0.374 e. The summed E-state index contributed by atoms with van der Waals surface area (Å²) >= 11 is 0. The Hall–Kier alpha value is -1.33. The lowest BCUT2D eigenvalue weighted by atomic mass is 9.99. The predicted octanol–water partition coefficient (Wildman–Crippen LogP) is 2.59. The molecule has 0 radical (unpaired) electrons. The van der Waals surface area contributed by atoms with Crippen LogP contribution in [0.25, 0.3) is 0 Å². The first-order chi connectivity index (χ1) is 6.79. The maximum atomic E-state index is 9.45. The summed E-state index contributed by atoms with van der Waals surface area (Å²) in [6.07, 6.45) is 2.17. The normalized spacial score (nSPS) is 12.1. The fourth-order valence-corrected chi connectivity index (χ4v) is 1.47. The number of aryl methyl sites for hydroxylation is 1. The molecule has 74 valence electrons. The van der Waals surface area contributed by atoms with E-state index in [9.17, 15) is 5.11 Å². The van der Waals surface area contributed by atoms with Gasteiger partial charge in [-0.1, -0.05) is 37.6 Å². The minimum Gasteiger partial charge on any atom is -0.374 e. The number of benzene rings is 1. The van der Waals surface area contributed by atoms with Crippen molar-refractivity contribution in [2.24, 2.45) is 0 Å². The van der Waals surface area contributed by atoms with E-state index in [2.05, 4.69) is 6.92 Å². The Morgan fingerprint density at radius 2 is 2.14 bits per heavy atom. The number of rotatable bonds is 4. The summed E-state index contributed by atoms with van der Waals surface area (Å²) in [7, 11) is 0. The summed E-state index contributed by atoms with van der Waals surface area (Å²) in [5.41, 5.74) is 1.84. The van der Waals surface area contributed by atoms with Crippen molar-refractivity contribution in [3.8, 4) is 6.07 Å². The van der Waals surface area contributed by atoms with Crippen molar-refractivity contribution in [1.82, 2.24) is 0 Å². The molecule has 0 heterocycles. The molecular formula is C12H15NO. The van der Waals surface area contributed by atoms with Gasteiger partial charge >= 0.3 is 0 Å². The van der Waals surface area contributed by atoms with Gasteiger partial charge in [-0.05, 0) is 24.0 Å². The smallest absolute Gasteiger partial charge is 0.166 e. The highest BCUT2D eigenvalue weighted by atomic mass is 16.3. The van der Waals surface area contributed by atoms with Gasteiger partial charge in [0.2, 0.25) is 0 Å². The fourth-order valence-electron chi connectivity index (χ4n) is 1.47. The van der Waals surface area contributed by atoms with Crippen molar-refractivity contribution in [3.05, 3.63) is 35.4 Å². The van der Waals surface area contributed by atoms with Crippen LogP contribution in [0.2, 0.25) is 0 Å². The van der Waals surface area contributed by atoms with E-state index in [0.29, 0.717) is 0 Å². The molecule has 0 bridgehead atoms. The molecule has 2 heteroatoms. The van der Waals surface area contributed by atoms with E-state index in [-0.39, 0.29) is 0 Å². The van der Waals surface area contributed by atoms with E-state index < -0.39 is 6.10 Å². The molecular weight excluding hydrogens is 174 g/mol. The zero-order chi connectivity index (χ0) is 10.4. The summed E-state index contributed by atoms with van der Waals surface area (Å²) in [5.74, 6) is 0. The maximum absolute atomic E-state index is 9.45. The standard InChI is InChI=1S/C12H15NO/c1-2-3-6-10-7-4-5-8-11(10)12(14)9-13/h4-5,7-8,12,14H,2-3,6H2,1H3. The van der Waals surface area contributed by atoms with Crippen LogP contribution in [0, 0.1) is 11.3 Å². The number of hydrogen-bond donors (Lipinski definition) is 1. The highest BCUT2D eigenvalue weighted by Crippen LogP contribution is 2.18. The van der Waals surface area contributed by atoms with Crippen molar-refractivity contribution in [1.29, 1.82) is 5.26 Å². The van der Waals surface area contributed by atoms with E-state index in [0.717, 1.165) is 30.4 Å². The third-order valence-corrected chi connectivity index (χ3v) is 2.27. The molecule has 2 nitrogen and oxygen atoms in total. The van der Waals surface area contributed by atoms with Crippen molar-refractivity contribution >= 4 is 0 Å². The number of unbranched alkanes of at least 4 members (excludes halogenated alkanes) is 1. The summed E-state index contributed by atoms with van der Waals surface area (Å²) in [6, 6.07) is 9.45. The molecule has 14 heavy (non-hydrogen) atoms. The number of aliphatic hydroxyl groups is 1. The molecule has 1 N–H and O–H groups in total. The lowest BCUT2D eigenvalue weighted by Crippen LogP contribution is -1.99. The van der Waals surface area contributed by atoms with Gasteiger partial charge in [-0.3, -0.25) is 0 Å². The second kappa shape index (κ2) is 5.41. The molecule has 0 fully saturated rings. The topological polar surface area (TPSA) is 44.0 Å². The van der Waals surface area contributed by atoms with Crippen LogP contribution >= 0.6 is 0 Å². The molecule has 0 saturated carbocycles. The van der Waals surface area contributed by atoms with Gasteiger partial charge in [-0.15, -0.1) is 0 Å². The first-order valence-corrected chi connectivity index (χ1v) is 4.95. The van der Waals surface area contributed by atoms with Crippen LogP contribution in [0.1, 0.15) is 37.0 Å². The van der Waals surface area contributed by atoms with Crippen LogP contribution in [-0.2, 0) is 6.42 Å². The van der Waals surface area contributed by atoms with E-state index in [4.69, 9.17) is 5.26 Å². The average molecular weight is 189 g/mol. The van der Waals surface area contributed by atoms with Gasteiger partial charge in [-0.25, -0.2) is 0 Å². The van der Waals surface area contributed by atoms with Crippen LogP contribution in [-0.4, -0.2) is 5.11 Å². The molecule has 0 spiro atoms. The molecule has 1 rings (SSSR count). The van der Waals surface area contributed by atoms with Crippen LogP contribution in [0.3, 0.4) is 0 Å². The summed E-state index contributed by atoms with van der Waals surface area (Å²) in [4.78, 5) is 0. The van der Waals surface area contributed by atoms with E-state index >= 15 is 0 Å². The van der Waals surface area contributed by atoms with Gasteiger partial charge < -0.3 is 5.11 Å². The second-order valence-electron chi connectivity index (χ2n) is 3.33. The fraction of sp³-hybridized carbons (Fsp3) is 0.417. The average Bonchev–Trinajstić information content (AvgIpc) is 2.25. The molecule has 0 aliphatic rings. The minimum atomic E-state index is -0.983. The highest BCUT2D eigenvalue weighted by molar-refractivity contribution is 5.31. The van der Waals surface area contributed by atoms with Gasteiger partial charge in [0.1, 0.15) is 0 Å². The molecule has 1 unspecified atom stereocenters. The Labute approximate surface area is 84.8 Å². The lowest BCUT2D eigenvalue weighted by molar-refractivity contribution is 0.234. The molecule has 0 aromatic heterocycles. The minimum absolute atomic E-state index is 0.753. The molecule has 1 aromatic carbocycles. The molecule has 0 aliphatic carbocycles. The molecule has 0 amide bonds. The van der Waals surface area contributed by atoms with Crippen LogP contribution in [0.15, 0.2) is 24.3 Å². The third-order valence-electron chi connectivity index (χ3n) is 2.27. The van der Waals surface area contributed by atoms with Gasteiger partial charge in [-0.2, -0.15) is 5.26 Å². The number of hydrogen-bond acceptors (Lipinski definition) is 2. The predicted molar refractivity (Wildman–Crippen MR) is 55.6 cm³/mol. The first-order valence-electron chi connectivity index (χ1n) is 4.95. The zero-order valence-corrected chi connectivity index (χ0v) is 8.40. The Kier molecular flexibility index (Phi) is 4.15. The summed E-state index contributed by atoms with van der Waals surface area (Å²) in [5, 5.41) is 18.1. The molecule has 1 aromatic rings. The second-order valence-corrected chi connectivity index (χ2v) is 3.33. The Balaban J connectivity index is 2.86. The summed E-state index contributed by atoms with van der Waals surface area (Å²) in [6.45, 7) is 2.13. The maximum Gasteiger partial charge on any atom is 0.166 e. The molecule has 1 atom stereocenters. The highest BCUT2D eigenvalue weighted by Gasteiger charge is 2.09. The van der Waals surface area contributed by atoms with Crippen molar-refractivity contribution in [3.63, 3.8) is 0 Å². The van der Waals surface area contributed by atoms with Crippen molar-refractivity contribution in [2.75, 3.05) is 0 Å². The lowest BCUT2D eigenvalue weighted by Gasteiger charge is -2.09. The number of nitrogens with zero attached hydrogens (tertiary/aromatic N) is 1. The van der Waals surface area contributed by atoms with Crippen molar-refractivity contribution < 1.29 is 5.11 Å². The Morgan fingerprint density at radius 1 is 1.43 bits per heavy atom. The van der Waals surface area contributed by atoms with Crippen LogP contribution in [0.4, 0.5) is 0 Å². The van der Waals surface area contributed by atoms with Crippen molar-refractivity contribution in [2.45, 2.75) is 32.3 Å². The SMILES string of the molecule is CCCCc1ccccc1C(O)C#N. The summed E-state index contributed by atoms with van der Waals surface area (Å²) < 4.78 is 0. The number of nitriles is 1. The van der Waals surface area contributed by atoms with Gasteiger partial charge in [0.25, 0.3) is 0 Å². The van der Waals surface area contributed by atoms with Crippen LogP contribution in [0.5, 0.6) is 0 Å². The van der Waals surface area contributed by atoms with Gasteiger partial charge in [0, 0.05) is 0 Å². The Bertz CT molecular complexity index is 327. The van der Waals surface area contributed by atoms with E-state index in [1.54, 1.807) is 0 Å². The van der Waals surface area contributed by atoms with E-state index in [1.807, 2.05) is 30.3 Å². The quantitative estimate of drug-likeness (QED) is 0.740. The monoisotopic (exact) mass is 189 g/mol. The third kappa shape index (κ3) is 2.58. The first kappa shape index (κ1) is 10.7. The van der Waals surface area contributed by atoms with Gasteiger partial charge in [0.05, 0.1) is 6.07 Å². The van der Waals surface area contributed by atoms with Gasteiger partial charge in [0.15, 0.2) is 6.10 Å². The molecule has 0 aliphatic heterocycles. The van der Waals surface area contributed by atoms with E-state index in [1.165, 1.54) is 0 Å². The van der Waals surface area contributed by atoms with Crippen LogP contribution < -0.4 is 0 Å².